The van der Waals surface area contributed by atoms with E-state index in [0.29, 0.717) is 37.7 Å². The number of carbonyl (C=O) groups excluding carboxylic acids is 2. The van der Waals surface area contributed by atoms with E-state index in [1.165, 1.54) is 6.20 Å². The van der Waals surface area contributed by atoms with Gasteiger partial charge in [-0.3, -0.25) is 9.36 Å². The molecule has 1 aliphatic heterocycles. The number of aromatic nitrogens is 3. The van der Waals surface area contributed by atoms with Crippen LogP contribution in [0.4, 0.5) is 10.5 Å². The molecule has 4 rings (SSSR count). The Morgan fingerprint density at radius 2 is 1.71 bits per heavy atom. The Hall–Kier alpha value is -3.62. The Morgan fingerprint density at radius 1 is 1.00 bits per heavy atom. The highest BCUT2D eigenvalue weighted by atomic mass is 16.6. The average Bonchev–Trinajstić information content (AvgIpc) is 3.15. The van der Waals surface area contributed by atoms with Crippen molar-refractivity contribution >= 4 is 28.6 Å². The quantitative estimate of drug-likeness (QED) is 0.637. The van der Waals surface area contributed by atoms with Gasteiger partial charge >= 0.3 is 6.09 Å². The smallest absolute Gasteiger partial charge is 0.410 e. The van der Waals surface area contributed by atoms with Crippen molar-refractivity contribution in [1.29, 1.82) is 0 Å². The van der Waals surface area contributed by atoms with Gasteiger partial charge in [0.2, 0.25) is 0 Å². The van der Waals surface area contributed by atoms with Crippen LogP contribution >= 0.6 is 0 Å². The highest BCUT2D eigenvalue weighted by molar-refractivity contribution is 5.92. The van der Waals surface area contributed by atoms with Gasteiger partial charge in [-0.25, -0.2) is 14.8 Å². The predicted molar refractivity (Wildman–Crippen MR) is 117 cm³/mol. The predicted octanol–water partition coefficient (Wildman–Crippen LogP) is 2.70. The summed E-state index contributed by atoms with van der Waals surface area (Å²) in [5.74, 6) is 0.416. The Kier molecular flexibility index (Phi) is 5.26. The molecule has 9 heteroatoms. The maximum atomic E-state index is 12.8. The molecule has 1 fully saturated rings. The molecule has 2 N–H and O–H groups in total. The second kappa shape index (κ2) is 7.90. The van der Waals surface area contributed by atoms with Gasteiger partial charge in [0.25, 0.3) is 5.91 Å². The number of rotatable bonds is 2. The molecule has 3 aromatic rings. The normalized spacial score (nSPS) is 14.7. The summed E-state index contributed by atoms with van der Waals surface area (Å²) < 4.78 is 7.29. The van der Waals surface area contributed by atoms with Crippen LogP contribution in [0.1, 0.15) is 31.3 Å². The van der Waals surface area contributed by atoms with E-state index in [-0.39, 0.29) is 17.7 Å². The second-order valence-corrected chi connectivity index (χ2v) is 8.52. The molecule has 31 heavy (non-hydrogen) atoms. The maximum Gasteiger partial charge on any atom is 0.410 e. The first-order chi connectivity index (χ1) is 14.7. The Labute approximate surface area is 180 Å². The van der Waals surface area contributed by atoms with E-state index in [4.69, 9.17) is 10.5 Å². The van der Waals surface area contributed by atoms with Crippen LogP contribution in [0.15, 0.2) is 42.9 Å². The van der Waals surface area contributed by atoms with Gasteiger partial charge in [0.15, 0.2) is 5.82 Å². The van der Waals surface area contributed by atoms with E-state index < -0.39 is 5.60 Å². The molecule has 0 atom stereocenters. The number of carbonyl (C=O) groups is 2. The van der Waals surface area contributed by atoms with Gasteiger partial charge in [0.05, 0.1) is 17.9 Å². The van der Waals surface area contributed by atoms with Crippen LogP contribution in [0.3, 0.4) is 0 Å². The zero-order valence-corrected chi connectivity index (χ0v) is 17.9. The number of nitrogens with two attached hydrogens (primary N) is 1. The molecule has 9 nitrogen and oxygen atoms in total. The molecule has 3 heterocycles. The van der Waals surface area contributed by atoms with E-state index in [1.807, 2.05) is 55.8 Å². The summed E-state index contributed by atoms with van der Waals surface area (Å²) in [4.78, 5) is 37.1. The first-order valence-electron chi connectivity index (χ1n) is 10.2. The van der Waals surface area contributed by atoms with Gasteiger partial charge in [-0.15, -0.1) is 0 Å². The molecule has 0 saturated carbocycles. The van der Waals surface area contributed by atoms with Crippen LogP contribution in [0, 0.1) is 0 Å². The van der Waals surface area contributed by atoms with Crippen molar-refractivity contribution < 1.29 is 14.3 Å². The van der Waals surface area contributed by atoms with Crippen molar-refractivity contribution in [1.82, 2.24) is 24.3 Å². The Balaban J connectivity index is 1.41. The molecule has 2 amide bonds. The first kappa shape index (κ1) is 20.6. The highest BCUT2D eigenvalue weighted by Gasteiger charge is 2.28. The minimum atomic E-state index is -0.543. The molecule has 0 radical (unpaired) electrons. The number of ether oxygens (including phenoxy) is 1. The van der Waals surface area contributed by atoms with Crippen molar-refractivity contribution in [2.75, 3.05) is 31.9 Å². The average molecular weight is 422 g/mol. The zero-order chi connectivity index (χ0) is 22.2. The Bertz CT molecular complexity index is 1110. The molecule has 0 aliphatic carbocycles. The number of nitrogens with zero attached hydrogens (tertiary/aromatic N) is 5. The van der Waals surface area contributed by atoms with Crippen LogP contribution in [-0.4, -0.2) is 68.1 Å². The summed E-state index contributed by atoms with van der Waals surface area (Å²) in [6.45, 7) is 7.18. The highest BCUT2D eigenvalue weighted by Crippen LogP contribution is 2.21. The third kappa shape index (κ3) is 4.45. The number of fused-ring (bicyclic) bond motifs is 1. The summed E-state index contributed by atoms with van der Waals surface area (Å²) in [5, 5.41) is 1.00. The molecular formula is C22H26N6O3. The molecule has 1 saturated heterocycles. The third-order valence-electron chi connectivity index (χ3n) is 5.04. The molecule has 1 aromatic carbocycles. The van der Waals surface area contributed by atoms with Gasteiger partial charge in [-0.1, -0.05) is 0 Å². The van der Waals surface area contributed by atoms with Crippen molar-refractivity contribution in [3.05, 3.63) is 48.5 Å². The summed E-state index contributed by atoms with van der Waals surface area (Å²) in [7, 11) is 0. The summed E-state index contributed by atoms with van der Waals surface area (Å²) >= 11 is 0. The van der Waals surface area contributed by atoms with Crippen molar-refractivity contribution in [3.8, 4) is 5.82 Å². The minimum absolute atomic E-state index is 0.201. The van der Waals surface area contributed by atoms with Crippen LogP contribution in [-0.2, 0) is 4.74 Å². The van der Waals surface area contributed by atoms with Crippen molar-refractivity contribution in [3.63, 3.8) is 0 Å². The van der Waals surface area contributed by atoms with Crippen LogP contribution in [0.5, 0.6) is 0 Å². The van der Waals surface area contributed by atoms with Gasteiger partial charge in [-0.2, -0.15) is 0 Å². The molecule has 1 aliphatic rings. The van der Waals surface area contributed by atoms with E-state index in [9.17, 15) is 9.59 Å². The fraction of sp³-hybridized carbons (Fsp3) is 0.364. The monoisotopic (exact) mass is 422 g/mol. The molecule has 0 unspecified atom stereocenters. The molecule has 162 valence electrons. The lowest BCUT2D eigenvalue weighted by molar-refractivity contribution is 0.0140. The SMILES string of the molecule is CC(C)(C)OC(=O)N1CCN(C(=O)c2cnc(-n3ccc4cc(N)ccc43)cn2)CC1. The fourth-order valence-corrected chi connectivity index (χ4v) is 3.50. The number of benzene rings is 1. The lowest BCUT2D eigenvalue weighted by Gasteiger charge is -2.35. The van der Waals surface area contributed by atoms with Crippen molar-refractivity contribution in [2.24, 2.45) is 0 Å². The zero-order valence-electron chi connectivity index (χ0n) is 17.9. The van der Waals surface area contributed by atoms with E-state index in [1.54, 1.807) is 16.0 Å². The van der Waals surface area contributed by atoms with E-state index >= 15 is 0 Å². The van der Waals surface area contributed by atoms with Gasteiger partial charge < -0.3 is 20.3 Å². The number of piperazine rings is 1. The van der Waals surface area contributed by atoms with E-state index in [2.05, 4.69) is 9.97 Å². The largest absolute Gasteiger partial charge is 0.444 e. The minimum Gasteiger partial charge on any atom is -0.444 e. The van der Waals surface area contributed by atoms with Crippen LogP contribution in [0.2, 0.25) is 0 Å². The standard InChI is InChI=1S/C22H26N6O3/c1-22(2,3)31-21(30)27-10-8-26(9-11-27)20(29)17-13-25-19(14-24-17)28-7-6-15-12-16(23)4-5-18(15)28/h4-7,12-14H,8-11,23H2,1-3H3. The summed E-state index contributed by atoms with van der Waals surface area (Å²) in [6, 6.07) is 7.61. The molecule has 2 aromatic heterocycles. The van der Waals surface area contributed by atoms with Gasteiger partial charge in [0.1, 0.15) is 11.3 Å². The number of hydrogen-bond acceptors (Lipinski definition) is 6. The second-order valence-electron chi connectivity index (χ2n) is 8.52. The number of anilines is 1. The lowest BCUT2D eigenvalue weighted by atomic mass is 10.2. The van der Waals surface area contributed by atoms with Crippen molar-refractivity contribution in [2.45, 2.75) is 26.4 Å². The third-order valence-corrected chi connectivity index (χ3v) is 5.04. The van der Waals surface area contributed by atoms with Gasteiger partial charge in [-0.05, 0) is 45.0 Å². The number of amides is 2. The number of hydrogen-bond donors (Lipinski definition) is 1. The lowest BCUT2D eigenvalue weighted by Crippen LogP contribution is -2.51. The summed E-state index contributed by atoms with van der Waals surface area (Å²) in [6.07, 6.45) is 4.61. The van der Waals surface area contributed by atoms with E-state index in [0.717, 1.165) is 10.9 Å². The van der Waals surface area contributed by atoms with Gasteiger partial charge in [0, 0.05) is 43.4 Å². The number of nitrogen functional groups attached to an aromatic ring is 1. The molecule has 0 spiro atoms. The molecular weight excluding hydrogens is 396 g/mol. The first-order valence-corrected chi connectivity index (χ1v) is 10.2. The summed E-state index contributed by atoms with van der Waals surface area (Å²) in [5.41, 5.74) is 7.23. The maximum absolute atomic E-state index is 12.8. The van der Waals surface area contributed by atoms with Crippen LogP contribution < -0.4 is 5.73 Å². The topological polar surface area (TPSA) is 107 Å². The van der Waals surface area contributed by atoms with Crippen LogP contribution in [0.25, 0.3) is 16.7 Å². The fourth-order valence-electron chi connectivity index (χ4n) is 3.50. The Morgan fingerprint density at radius 3 is 2.35 bits per heavy atom. The molecule has 0 bridgehead atoms.